The molecule has 1 heteroatoms. The smallest absolute Gasteiger partial charge is 0.0534 e. The predicted octanol–water partition coefficient (Wildman–Crippen LogP) is 3.31. The SMILES string of the molecule is CCc1ccc(C(C)C)c([C](C)CO)c1. The molecule has 0 unspecified atom stereocenters. The van der Waals surface area contributed by atoms with E-state index >= 15 is 0 Å². The Balaban J connectivity index is 3.16. The van der Waals surface area contributed by atoms with Gasteiger partial charge in [0.05, 0.1) is 6.61 Å². The standard InChI is InChI=1S/C14H21O/c1-5-12-6-7-13(10(2)3)14(8-12)11(4)9-15/h6-8,10,15H,5,9H2,1-4H3. The highest BCUT2D eigenvalue weighted by Gasteiger charge is 2.13. The van der Waals surface area contributed by atoms with Crippen LogP contribution in [0.3, 0.4) is 0 Å². The second-order valence-corrected chi connectivity index (χ2v) is 4.37. The summed E-state index contributed by atoms with van der Waals surface area (Å²) < 4.78 is 0. The van der Waals surface area contributed by atoms with E-state index in [0.717, 1.165) is 12.3 Å². The van der Waals surface area contributed by atoms with Crippen LogP contribution < -0.4 is 0 Å². The van der Waals surface area contributed by atoms with Gasteiger partial charge in [-0.15, -0.1) is 0 Å². The fraction of sp³-hybridized carbons (Fsp3) is 0.500. The molecule has 1 radical (unpaired) electrons. The van der Waals surface area contributed by atoms with Gasteiger partial charge in [-0.2, -0.15) is 0 Å². The second kappa shape index (κ2) is 5.32. The van der Waals surface area contributed by atoms with Crippen LogP contribution in [0.4, 0.5) is 0 Å². The molecule has 0 saturated heterocycles. The second-order valence-electron chi connectivity index (χ2n) is 4.37. The minimum Gasteiger partial charge on any atom is -0.395 e. The molecular weight excluding hydrogens is 184 g/mol. The van der Waals surface area contributed by atoms with Crippen LogP contribution in [-0.4, -0.2) is 11.7 Å². The number of rotatable bonds is 4. The van der Waals surface area contributed by atoms with Gasteiger partial charge in [-0.1, -0.05) is 45.9 Å². The maximum absolute atomic E-state index is 9.22. The zero-order valence-electron chi connectivity index (χ0n) is 10.2. The van der Waals surface area contributed by atoms with E-state index in [1.54, 1.807) is 0 Å². The average Bonchev–Trinajstić information content (AvgIpc) is 2.26. The first-order valence-electron chi connectivity index (χ1n) is 5.66. The Morgan fingerprint density at radius 1 is 1.33 bits per heavy atom. The molecule has 0 aliphatic rings. The van der Waals surface area contributed by atoms with Crippen LogP contribution in [0.2, 0.25) is 0 Å². The van der Waals surface area contributed by atoms with E-state index in [9.17, 15) is 5.11 Å². The van der Waals surface area contributed by atoms with Gasteiger partial charge in [0.25, 0.3) is 0 Å². The van der Waals surface area contributed by atoms with Crippen molar-refractivity contribution in [3.05, 3.63) is 40.8 Å². The van der Waals surface area contributed by atoms with E-state index in [4.69, 9.17) is 0 Å². The Labute approximate surface area is 93.1 Å². The minimum atomic E-state index is 0.146. The van der Waals surface area contributed by atoms with Crippen molar-refractivity contribution in [3.8, 4) is 0 Å². The Morgan fingerprint density at radius 3 is 2.47 bits per heavy atom. The molecule has 0 bridgehead atoms. The van der Waals surface area contributed by atoms with Gasteiger partial charge >= 0.3 is 0 Å². The summed E-state index contributed by atoms with van der Waals surface area (Å²) in [5, 5.41) is 9.22. The summed E-state index contributed by atoms with van der Waals surface area (Å²) in [6, 6.07) is 6.59. The number of hydrogen-bond donors (Lipinski definition) is 1. The maximum atomic E-state index is 9.22. The molecule has 0 aliphatic carbocycles. The molecule has 0 fully saturated rings. The molecule has 83 valence electrons. The van der Waals surface area contributed by atoms with Gasteiger partial charge in [0.15, 0.2) is 0 Å². The van der Waals surface area contributed by atoms with Gasteiger partial charge in [-0.25, -0.2) is 0 Å². The molecule has 1 nitrogen and oxygen atoms in total. The molecular formula is C14H21O. The van der Waals surface area contributed by atoms with E-state index in [2.05, 4.69) is 39.0 Å². The third-order valence-corrected chi connectivity index (χ3v) is 2.84. The Kier molecular flexibility index (Phi) is 4.34. The molecule has 0 spiro atoms. The summed E-state index contributed by atoms with van der Waals surface area (Å²) in [5.41, 5.74) is 3.90. The van der Waals surface area contributed by atoms with Crippen LogP contribution in [0.1, 0.15) is 50.3 Å². The lowest BCUT2D eigenvalue weighted by atomic mass is 9.88. The van der Waals surface area contributed by atoms with Crippen molar-refractivity contribution in [1.82, 2.24) is 0 Å². The van der Waals surface area contributed by atoms with Crippen LogP contribution in [0, 0.1) is 5.92 Å². The lowest BCUT2D eigenvalue weighted by molar-refractivity contribution is 0.314. The van der Waals surface area contributed by atoms with Gasteiger partial charge in [0.2, 0.25) is 0 Å². The molecule has 0 amide bonds. The summed E-state index contributed by atoms with van der Waals surface area (Å²) in [7, 11) is 0. The fourth-order valence-electron chi connectivity index (χ4n) is 1.78. The lowest BCUT2D eigenvalue weighted by Crippen LogP contribution is -2.06. The Bertz CT molecular complexity index is 315. The number of aryl methyl sites for hydroxylation is 1. The molecule has 15 heavy (non-hydrogen) atoms. The van der Waals surface area contributed by atoms with Crippen molar-refractivity contribution in [2.45, 2.75) is 40.0 Å². The van der Waals surface area contributed by atoms with E-state index in [1.807, 2.05) is 6.92 Å². The summed E-state index contributed by atoms with van der Waals surface area (Å²) in [6.07, 6.45) is 1.05. The van der Waals surface area contributed by atoms with Crippen molar-refractivity contribution >= 4 is 0 Å². The zero-order chi connectivity index (χ0) is 11.4. The van der Waals surface area contributed by atoms with Gasteiger partial charge < -0.3 is 5.11 Å². The third-order valence-electron chi connectivity index (χ3n) is 2.84. The topological polar surface area (TPSA) is 20.2 Å². The number of benzene rings is 1. The van der Waals surface area contributed by atoms with E-state index < -0.39 is 0 Å². The first kappa shape index (κ1) is 12.3. The minimum absolute atomic E-state index is 0.146. The first-order valence-corrected chi connectivity index (χ1v) is 5.66. The van der Waals surface area contributed by atoms with Crippen LogP contribution >= 0.6 is 0 Å². The van der Waals surface area contributed by atoms with Gasteiger partial charge in [0.1, 0.15) is 0 Å². The molecule has 0 heterocycles. The van der Waals surface area contributed by atoms with Crippen LogP contribution in [0.5, 0.6) is 0 Å². The average molecular weight is 205 g/mol. The van der Waals surface area contributed by atoms with Crippen molar-refractivity contribution in [2.75, 3.05) is 6.61 Å². The van der Waals surface area contributed by atoms with Crippen molar-refractivity contribution in [3.63, 3.8) is 0 Å². The maximum Gasteiger partial charge on any atom is 0.0534 e. The quantitative estimate of drug-likeness (QED) is 0.799. The summed E-state index contributed by atoms with van der Waals surface area (Å²) in [4.78, 5) is 0. The third kappa shape index (κ3) is 2.82. The lowest BCUT2D eigenvalue weighted by Gasteiger charge is -2.17. The van der Waals surface area contributed by atoms with E-state index in [0.29, 0.717) is 5.92 Å². The number of aliphatic hydroxyl groups excluding tert-OH is 1. The summed E-state index contributed by atoms with van der Waals surface area (Å²) in [5.74, 6) is 1.57. The molecule has 1 aromatic rings. The monoisotopic (exact) mass is 205 g/mol. The Morgan fingerprint density at radius 2 is 2.00 bits per heavy atom. The molecule has 0 aliphatic heterocycles. The summed E-state index contributed by atoms with van der Waals surface area (Å²) >= 11 is 0. The van der Waals surface area contributed by atoms with Gasteiger partial charge in [-0.3, -0.25) is 0 Å². The van der Waals surface area contributed by atoms with Crippen LogP contribution in [-0.2, 0) is 6.42 Å². The molecule has 0 atom stereocenters. The van der Waals surface area contributed by atoms with Crippen molar-refractivity contribution < 1.29 is 5.11 Å². The molecule has 0 saturated carbocycles. The molecule has 1 rings (SSSR count). The molecule has 1 aromatic carbocycles. The van der Waals surface area contributed by atoms with Crippen LogP contribution in [0.25, 0.3) is 0 Å². The highest BCUT2D eigenvalue weighted by Crippen LogP contribution is 2.26. The van der Waals surface area contributed by atoms with Crippen molar-refractivity contribution in [2.24, 2.45) is 0 Å². The molecule has 1 N–H and O–H groups in total. The predicted molar refractivity (Wildman–Crippen MR) is 65.0 cm³/mol. The highest BCUT2D eigenvalue weighted by atomic mass is 16.3. The Hall–Kier alpha value is -0.820. The first-order chi connectivity index (χ1) is 7.10. The normalized spacial score (nSPS) is 11.4. The molecule has 0 aromatic heterocycles. The highest BCUT2D eigenvalue weighted by molar-refractivity contribution is 5.42. The zero-order valence-corrected chi connectivity index (χ0v) is 10.2. The van der Waals surface area contributed by atoms with Gasteiger partial charge in [0, 0.05) is 5.92 Å². The number of hydrogen-bond acceptors (Lipinski definition) is 1. The van der Waals surface area contributed by atoms with Gasteiger partial charge in [-0.05, 0) is 29.0 Å². The van der Waals surface area contributed by atoms with E-state index in [-0.39, 0.29) is 6.61 Å². The van der Waals surface area contributed by atoms with E-state index in [1.165, 1.54) is 16.7 Å². The van der Waals surface area contributed by atoms with Crippen LogP contribution in [0.15, 0.2) is 18.2 Å². The largest absolute Gasteiger partial charge is 0.395 e. The summed E-state index contributed by atoms with van der Waals surface area (Å²) in [6.45, 7) is 8.68. The fourth-order valence-corrected chi connectivity index (χ4v) is 1.78. The van der Waals surface area contributed by atoms with Crippen molar-refractivity contribution in [1.29, 1.82) is 0 Å². The number of aliphatic hydroxyl groups is 1.